The Balaban J connectivity index is 1.61. The van der Waals surface area contributed by atoms with Crippen molar-refractivity contribution >= 4 is 11.6 Å². The van der Waals surface area contributed by atoms with Crippen molar-refractivity contribution in [2.45, 2.75) is 31.8 Å². The number of nitrogens with zero attached hydrogens (tertiary/aromatic N) is 3. The van der Waals surface area contributed by atoms with Gasteiger partial charge in [-0.05, 0) is 31.5 Å². The van der Waals surface area contributed by atoms with Crippen LogP contribution in [-0.2, 0) is 6.54 Å². The summed E-state index contributed by atoms with van der Waals surface area (Å²) in [5.74, 6) is 0. The van der Waals surface area contributed by atoms with Crippen molar-refractivity contribution < 1.29 is 0 Å². The van der Waals surface area contributed by atoms with Gasteiger partial charge in [0.05, 0.1) is 5.69 Å². The van der Waals surface area contributed by atoms with Crippen LogP contribution in [0.15, 0.2) is 18.3 Å². The Labute approximate surface area is 114 Å². The molecule has 1 aromatic heterocycles. The summed E-state index contributed by atoms with van der Waals surface area (Å²) in [7, 11) is 0. The van der Waals surface area contributed by atoms with Gasteiger partial charge in [0.1, 0.15) is 0 Å². The zero-order valence-corrected chi connectivity index (χ0v) is 11.4. The summed E-state index contributed by atoms with van der Waals surface area (Å²) in [4.78, 5) is 9.58. The second-order valence-electron chi connectivity index (χ2n) is 5.39. The van der Waals surface area contributed by atoms with Crippen molar-refractivity contribution in [3.05, 3.63) is 29.0 Å². The number of hydrogen-bond donors (Lipinski definition) is 0. The summed E-state index contributed by atoms with van der Waals surface area (Å²) in [5.41, 5.74) is 1.09. The normalized spacial score (nSPS) is 25.9. The van der Waals surface area contributed by atoms with Gasteiger partial charge in [0.2, 0.25) is 0 Å². The Kier molecular flexibility index (Phi) is 3.83. The van der Waals surface area contributed by atoms with E-state index >= 15 is 0 Å². The molecular weight excluding hydrogens is 246 g/mol. The zero-order chi connectivity index (χ0) is 12.4. The zero-order valence-electron chi connectivity index (χ0n) is 10.7. The van der Waals surface area contributed by atoms with Gasteiger partial charge in [0, 0.05) is 43.4 Å². The van der Waals surface area contributed by atoms with Crippen molar-refractivity contribution in [1.82, 2.24) is 14.8 Å². The second-order valence-corrected chi connectivity index (χ2v) is 5.82. The minimum Gasteiger partial charge on any atom is -0.298 e. The molecule has 2 saturated heterocycles. The van der Waals surface area contributed by atoms with Crippen LogP contribution >= 0.6 is 11.6 Å². The SMILES string of the molecule is Clc1ccnc(CN2CCN3CCCCC3C2)c1. The molecular formula is C14H20ClN3. The van der Waals surface area contributed by atoms with Crippen LogP contribution in [0.2, 0.25) is 5.02 Å². The molecule has 0 bridgehead atoms. The summed E-state index contributed by atoms with van der Waals surface area (Å²) < 4.78 is 0. The molecule has 3 heterocycles. The number of hydrogen-bond acceptors (Lipinski definition) is 3. The average molecular weight is 266 g/mol. The molecule has 2 fully saturated rings. The van der Waals surface area contributed by atoms with Crippen molar-refractivity contribution in [2.75, 3.05) is 26.2 Å². The maximum atomic E-state index is 6.01. The molecule has 2 aliphatic rings. The van der Waals surface area contributed by atoms with Crippen LogP contribution in [0, 0.1) is 0 Å². The lowest BCUT2D eigenvalue weighted by atomic mass is 9.99. The van der Waals surface area contributed by atoms with Gasteiger partial charge >= 0.3 is 0 Å². The predicted octanol–water partition coefficient (Wildman–Crippen LogP) is 2.41. The van der Waals surface area contributed by atoms with Crippen molar-refractivity contribution in [3.63, 3.8) is 0 Å². The monoisotopic (exact) mass is 265 g/mol. The molecule has 0 amide bonds. The van der Waals surface area contributed by atoms with Gasteiger partial charge < -0.3 is 0 Å². The van der Waals surface area contributed by atoms with E-state index in [1.165, 1.54) is 38.9 Å². The molecule has 0 N–H and O–H groups in total. The number of piperazine rings is 1. The summed E-state index contributed by atoms with van der Waals surface area (Å²) in [6.07, 6.45) is 5.94. The third-order valence-electron chi connectivity index (χ3n) is 4.09. The molecule has 3 rings (SSSR count). The summed E-state index contributed by atoms with van der Waals surface area (Å²) in [6.45, 7) is 5.79. The van der Waals surface area contributed by atoms with E-state index in [-0.39, 0.29) is 0 Å². The Morgan fingerprint density at radius 2 is 2.22 bits per heavy atom. The molecule has 0 aliphatic carbocycles. The standard InChI is InChI=1S/C14H20ClN3/c15-12-4-5-16-13(9-12)10-17-7-8-18-6-2-1-3-14(18)11-17/h4-5,9,14H,1-3,6-8,10-11H2. The largest absolute Gasteiger partial charge is 0.298 e. The van der Waals surface area contributed by atoms with Gasteiger partial charge in [0.15, 0.2) is 0 Å². The Hall–Kier alpha value is -0.640. The molecule has 0 aromatic carbocycles. The number of aromatic nitrogens is 1. The lowest BCUT2D eigenvalue weighted by Gasteiger charge is -2.44. The Morgan fingerprint density at radius 1 is 1.28 bits per heavy atom. The second kappa shape index (κ2) is 5.55. The number of rotatable bonds is 2. The lowest BCUT2D eigenvalue weighted by Crippen LogP contribution is -2.54. The predicted molar refractivity (Wildman–Crippen MR) is 73.7 cm³/mol. The van der Waals surface area contributed by atoms with Crippen LogP contribution in [0.1, 0.15) is 25.0 Å². The van der Waals surface area contributed by atoms with Gasteiger partial charge in [-0.2, -0.15) is 0 Å². The van der Waals surface area contributed by atoms with Gasteiger partial charge in [-0.1, -0.05) is 18.0 Å². The van der Waals surface area contributed by atoms with Gasteiger partial charge in [-0.25, -0.2) is 0 Å². The van der Waals surface area contributed by atoms with Gasteiger partial charge in [-0.15, -0.1) is 0 Å². The average Bonchev–Trinajstić information content (AvgIpc) is 2.39. The fourth-order valence-corrected chi connectivity index (χ4v) is 3.31. The fourth-order valence-electron chi connectivity index (χ4n) is 3.13. The minimum absolute atomic E-state index is 0.770. The quantitative estimate of drug-likeness (QED) is 0.819. The van der Waals surface area contributed by atoms with Gasteiger partial charge in [0.25, 0.3) is 0 Å². The summed E-state index contributed by atoms with van der Waals surface area (Å²) in [5, 5.41) is 0.788. The molecule has 0 saturated carbocycles. The third kappa shape index (κ3) is 2.85. The maximum absolute atomic E-state index is 6.01. The van der Waals surface area contributed by atoms with E-state index in [0.29, 0.717) is 0 Å². The fraction of sp³-hybridized carbons (Fsp3) is 0.643. The van der Waals surface area contributed by atoms with Crippen molar-refractivity contribution in [1.29, 1.82) is 0 Å². The lowest BCUT2D eigenvalue weighted by molar-refractivity contribution is 0.0451. The van der Waals surface area contributed by atoms with Crippen molar-refractivity contribution in [2.24, 2.45) is 0 Å². The molecule has 1 unspecified atom stereocenters. The highest BCUT2D eigenvalue weighted by Gasteiger charge is 2.28. The van der Waals surface area contributed by atoms with E-state index in [2.05, 4.69) is 14.8 Å². The summed E-state index contributed by atoms with van der Waals surface area (Å²) in [6, 6.07) is 4.59. The van der Waals surface area contributed by atoms with E-state index in [4.69, 9.17) is 11.6 Å². The Morgan fingerprint density at radius 3 is 3.11 bits per heavy atom. The number of fused-ring (bicyclic) bond motifs is 1. The molecule has 3 nitrogen and oxygen atoms in total. The molecule has 1 atom stereocenters. The van der Waals surface area contributed by atoms with Crippen LogP contribution in [-0.4, -0.2) is 47.0 Å². The third-order valence-corrected chi connectivity index (χ3v) is 4.32. The van der Waals surface area contributed by atoms with Crippen LogP contribution < -0.4 is 0 Å². The molecule has 18 heavy (non-hydrogen) atoms. The Bertz CT molecular complexity index is 410. The maximum Gasteiger partial charge on any atom is 0.0558 e. The topological polar surface area (TPSA) is 19.4 Å². The molecule has 4 heteroatoms. The first-order chi connectivity index (χ1) is 8.81. The molecule has 1 aromatic rings. The van der Waals surface area contributed by atoms with E-state index in [1.54, 1.807) is 6.20 Å². The first-order valence-electron chi connectivity index (χ1n) is 6.88. The smallest absolute Gasteiger partial charge is 0.0558 e. The highest BCUT2D eigenvalue weighted by Crippen LogP contribution is 2.22. The van der Waals surface area contributed by atoms with E-state index in [1.807, 2.05) is 12.1 Å². The summed E-state index contributed by atoms with van der Waals surface area (Å²) >= 11 is 6.01. The molecule has 2 aliphatic heterocycles. The number of halogens is 1. The number of pyridine rings is 1. The van der Waals surface area contributed by atoms with Crippen LogP contribution in [0.3, 0.4) is 0 Å². The van der Waals surface area contributed by atoms with E-state index < -0.39 is 0 Å². The first-order valence-corrected chi connectivity index (χ1v) is 7.26. The molecule has 0 radical (unpaired) electrons. The van der Waals surface area contributed by atoms with Crippen LogP contribution in [0.25, 0.3) is 0 Å². The first kappa shape index (κ1) is 12.4. The highest BCUT2D eigenvalue weighted by molar-refractivity contribution is 6.30. The molecule has 0 spiro atoms. The van der Waals surface area contributed by atoms with E-state index in [9.17, 15) is 0 Å². The number of piperidine rings is 1. The van der Waals surface area contributed by atoms with Crippen molar-refractivity contribution in [3.8, 4) is 0 Å². The van der Waals surface area contributed by atoms with Crippen LogP contribution in [0.4, 0.5) is 0 Å². The molecule has 98 valence electrons. The minimum atomic E-state index is 0.770. The van der Waals surface area contributed by atoms with E-state index in [0.717, 1.165) is 29.8 Å². The van der Waals surface area contributed by atoms with Gasteiger partial charge in [-0.3, -0.25) is 14.8 Å². The highest BCUT2D eigenvalue weighted by atomic mass is 35.5. The van der Waals surface area contributed by atoms with Crippen LogP contribution in [0.5, 0.6) is 0 Å².